The summed E-state index contributed by atoms with van der Waals surface area (Å²) in [4.78, 5) is 0. The van der Waals surface area contributed by atoms with Crippen molar-refractivity contribution in [2.45, 2.75) is 0 Å². The van der Waals surface area contributed by atoms with Gasteiger partial charge in [0.25, 0.3) is 0 Å². The van der Waals surface area contributed by atoms with Gasteiger partial charge in [-0.05, 0) is 127 Å². The molecule has 2 aromatic rings. The maximum Gasteiger partial charge on any atom is 0.129 e. The van der Waals surface area contributed by atoms with E-state index in [0.29, 0.717) is 5.75 Å². The maximum atomic E-state index is 9.09. The third-order valence-electron chi connectivity index (χ3n) is 1.87. The van der Waals surface area contributed by atoms with Gasteiger partial charge in [0, 0.05) is 16.4 Å². The molecule has 0 saturated carbocycles. The van der Waals surface area contributed by atoms with Gasteiger partial charge >= 0.3 is 0 Å². The second kappa shape index (κ2) is 8.29. The van der Waals surface area contributed by atoms with Crippen LogP contribution < -0.4 is 5.73 Å². The zero-order valence-corrected chi connectivity index (χ0v) is 17.6. The average molecular weight is 691 g/mol. The molecule has 0 bridgehead atoms. The van der Waals surface area contributed by atoms with Crippen molar-refractivity contribution < 1.29 is 5.11 Å². The molecule has 6 heteroatoms. The van der Waals surface area contributed by atoms with Crippen LogP contribution in [-0.2, 0) is 0 Å². The first-order valence-corrected chi connectivity index (χ1v) is 9.06. The molecule has 0 aromatic heterocycles. The van der Waals surface area contributed by atoms with E-state index >= 15 is 0 Å². The first kappa shape index (κ1) is 17.0. The number of hydrogen-bond acceptors (Lipinski definition) is 2. The second-order valence-corrected chi connectivity index (χ2v) is 8.08. The van der Waals surface area contributed by atoms with Crippen molar-refractivity contribution in [3.05, 3.63) is 50.7 Å². The SMILES string of the molecule is Nc1cc(I)ccc1I.Oc1cc(I)ccc1I. The summed E-state index contributed by atoms with van der Waals surface area (Å²) in [5.41, 5.74) is 6.47. The van der Waals surface area contributed by atoms with E-state index in [0.717, 1.165) is 16.4 Å². The van der Waals surface area contributed by atoms with Crippen molar-refractivity contribution in [1.82, 2.24) is 0 Å². The summed E-state index contributed by atoms with van der Waals surface area (Å²) in [6.45, 7) is 0. The van der Waals surface area contributed by atoms with Gasteiger partial charge in [-0.2, -0.15) is 0 Å². The molecule has 0 unspecified atom stereocenters. The lowest BCUT2D eigenvalue weighted by atomic mass is 10.3. The minimum Gasteiger partial charge on any atom is -0.507 e. The van der Waals surface area contributed by atoms with Gasteiger partial charge in [-0.3, -0.25) is 0 Å². The molecule has 2 nitrogen and oxygen atoms in total. The second-order valence-electron chi connectivity index (χ2n) is 3.26. The lowest BCUT2D eigenvalue weighted by Crippen LogP contribution is -1.88. The number of rotatable bonds is 0. The zero-order valence-electron chi connectivity index (χ0n) is 9.00. The molecule has 0 aliphatic carbocycles. The molecule has 96 valence electrons. The Morgan fingerprint density at radius 2 is 1.28 bits per heavy atom. The molecule has 0 fully saturated rings. The Kier molecular flexibility index (Phi) is 7.84. The lowest BCUT2D eigenvalue weighted by Gasteiger charge is -1.95. The summed E-state index contributed by atoms with van der Waals surface area (Å²) >= 11 is 8.70. The van der Waals surface area contributed by atoms with Crippen LogP contribution in [0, 0.1) is 14.3 Å². The molecule has 2 aromatic carbocycles. The van der Waals surface area contributed by atoms with Crippen LogP contribution in [0.3, 0.4) is 0 Å². The fourth-order valence-corrected chi connectivity index (χ4v) is 2.66. The number of aromatic hydroxyl groups is 1. The van der Waals surface area contributed by atoms with Crippen LogP contribution in [0.1, 0.15) is 0 Å². The van der Waals surface area contributed by atoms with Gasteiger partial charge in [0.15, 0.2) is 0 Å². The predicted octanol–water partition coefficient (Wildman–Crippen LogP) is 5.08. The van der Waals surface area contributed by atoms with Gasteiger partial charge in [-0.1, -0.05) is 0 Å². The number of halogens is 4. The van der Waals surface area contributed by atoms with Crippen LogP contribution in [-0.4, -0.2) is 5.11 Å². The fourth-order valence-electron chi connectivity index (χ4n) is 1.00. The molecular weight excluding hydrogens is 682 g/mol. The third-order valence-corrected chi connectivity index (χ3v) is 5.10. The molecule has 0 aliphatic heterocycles. The molecule has 0 aliphatic rings. The monoisotopic (exact) mass is 691 g/mol. The highest BCUT2D eigenvalue weighted by Crippen LogP contribution is 2.20. The normalized spacial score (nSPS) is 9.56. The van der Waals surface area contributed by atoms with Crippen molar-refractivity contribution in [3.8, 4) is 5.75 Å². The highest BCUT2D eigenvalue weighted by molar-refractivity contribution is 14.1. The number of anilines is 1. The van der Waals surface area contributed by atoms with Gasteiger partial charge in [0.1, 0.15) is 5.75 Å². The van der Waals surface area contributed by atoms with Crippen LogP contribution in [0.2, 0.25) is 0 Å². The molecule has 0 amide bonds. The van der Waals surface area contributed by atoms with Crippen LogP contribution in [0.25, 0.3) is 0 Å². The van der Waals surface area contributed by atoms with E-state index in [4.69, 9.17) is 10.8 Å². The summed E-state index contributed by atoms with van der Waals surface area (Å²) in [6.07, 6.45) is 0. The van der Waals surface area contributed by atoms with E-state index in [2.05, 4.69) is 90.4 Å². The fraction of sp³-hybridized carbons (Fsp3) is 0. The molecular formula is C12H9I4NO. The number of nitrogens with two attached hydrogens (primary N) is 1. The van der Waals surface area contributed by atoms with Crippen molar-refractivity contribution >= 4 is 96.1 Å². The first-order valence-electron chi connectivity index (χ1n) is 4.74. The van der Waals surface area contributed by atoms with E-state index in [1.807, 2.05) is 30.3 Å². The van der Waals surface area contributed by atoms with Crippen LogP contribution in [0.15, 0.2) is 36.4 Å². The van der Waals surface area contributed by atoms with Gasteiger partial charge in [0.05, 0.1) is 3.57 Å². The summed E-state index contributed by atoms with van der Waals surface area (Å²) < 4.78 is 4.26. The first-order chi connectivity index (χ1) is 8.40. The van der Waals surface area contributed by atoms with Crippen molar-refractivity contribution in [1.29, 1.82) is 0 Å². The van der Waals surface area contributed by atoms with E-state index < -0.39 is 0 Å². The summed E-state index contributed by atoms with van der Waals surface area (Å²) in [6, 6.07) is 11.6. The molecule has 3 N–H and O–H groups in total. The van der Waals surface area contributed by atoms with Crippen LogP contribution in [0.4, 0.5) is 5.69 Å². The van der Waals surface area contributed by atoms with Crippen molar-refractivity contribution in [3.63, 3.8) is 0 Å². The summed E-state index contributed by atoms with van der Waals surface area (Å²) in [7, 11) is 0. The maximum absolute atomic E-state index is 9.09. The highest BCUT2D eigenvalue weighted by atomic mass is 127. The van der Waals surface area contributed by atoms with E-state index in [9.17, 15) is 0 Å². The Morgan fingerprint density at radius 1 is 0.778 bits per heavy atom. The lowest BCUT2D eigenvalue weighted by molar-refractivity contribution is 0.471. The molecule has 18 heavy (non-hydrogen) atoms. The average Bonchev–Trinajstić information content (AvgIpc) is 2.30. The number of benzene rings is 2. The number of phenolic OH excluding ortho intramolecular Hbond substituents is 1. The van der Waals surface area contributed by atoms with Crippen LogP contribution >= 0.6 is 90.4 Å². The van der Waals surface area contributed by atoms with Crippen molar-refractivity contribution in [2.75, 3.05) is 5.73 Å². The quantitative estimate of drug-likeness (QED) is 0.300. The molecule has 0 spiro atoms. The van der Waals surface area contributed by atoms with E-state index in [-0.39, 0.29) is 0 Å². The van der Waals surface area contributed by atoms with E-state index in [1.54, 1.807) is 6.07 Å². The Labute approximate surface area is 161 Å². The highest BCUT2D eigenvalue weighted by Gasteiger charge is 1.94. The number of hydrogen-bond donors (Lipinski definition) is 2. The predicted molar refractivity (Wildman–Crippen MR) is 110 cm³/mol. The smallest absolute Gasteiger partial charge is 0.129 e. The Balaban J connectivity index is 0.000000180. The number of nitrogen functional groups attached to an aromatic ring is 1. The topological polar surface area (TPSA) is 46.2 Å². The molecule has 0 atom stereocenters. The van der Waals surface area contributed by atoms with Gasteiger partial charge < -0.3 is 10.8 Å². The standard InChI is InChI=1S/C6H5I2N.C6H4I2O/c2*7-4-1-2-5(8)6(9)3-4/h1-3H,9H2;1-3,9H. The van der Waals surface area contributed by atoms with Gasteiger partial charge in [0.2, 0.25) is 0 Å². The molecule has 0 radical (unpaired) electrons. The summed E-state index contributed by atoms with van der Waals surface area (Å²) in [5, 5.41) is 9.09. The Bertz CT molecular complexity index is 496. The Morgan fingerprint density at radius 3 is 1.67 bits per heavy atom. The van der Waals surface area contributed by atoms with Gasteiger partial charge in [-0.15, -0.1) is 0 Å². The number of phenols is 1. The summed E-state index contributed by atoms with van der Waals surface area (Å²) in [5.74, 6) is 0.363. The van der Waals surface area contributed by atoms with E-state index in [1.165, 1.54) is 3.57 Å². The third kappa shape index (κ3) is 5.94. The van der Waals surface area contributed by atoms with Crippen LogP contribution in [0.5, 0.6) is 5.75 Å². The molecule has 0 heterocycles. The van der Waals surface area contributed by atoms with Gasteiger partial charge in [-0.25, -0.2) is 0 Å². The Hall–Kier alpha value is 0.960. The largest absolute Gasteiger partial charge is 0.507 e. The van der Waals surface area contributed by atoms with Crippen molar-refractivity contribution in [2.24, 2.45) is 0 Å². The zero-order chi connectivity index (χ0) is 13.7. The molecule has 2 rings (SSSR count). The minimum absolute atomic E-state index is 0.363. The molecule has 0 saturated heterocycles. The minimum atomic E-state index is 0.363.